The van der Waals surface area contributed by atoms with Crippen molar-refractivity contribution in [1.82, 2.24) is 5.32 Å². The van der Waals surface area contributed by atoms with Gasteiger partial charge in [-0.25, -0.2) is 8.42 Å². The summed E-state index contributed by atoms with van der Waals surface area (Å²) in [5, 5.41) is 2.40. The minimum absolute atomic E-state index is 0.114. The van der Waals surface area contributed by atoms with Gasteiger partial charge in [-0.15, -0.1) is 0 Å². The highest BCUT2D eigenvalue weighted by atomic mass is 32.2. The van der Waals surface area contributed by atoms with Gasteiger partial charge in [-0.05, 0) is 44.4 Å². The van der Waals surface area contributed by atoms with Gasteiger partial charge in [0.15, 0.2) is 9.84 Å². The van der Waals surface area contributed by atoms with E-state index in [0.29, 0.717) is 11.3 Å². The Morgan fingerprint density at radius 1 is 1.37 bits per heavy atom. The summed E-state index contributed by atoms with van der Waals surface area (Å²) >= 11 is 0. The van der Waals surface area contributed by atoms with Gasteiger partial charge < -0.3 is 5.32 Å². The highest BCUT2D eigenvalue weighted by Crippen LogP contribution is 2.38. The molecule has 2 atom stereocenters. The van der Waals surface area contributed by atoms with Gasteiger partial charge in [-0.1, -0.05) is 20.8 Å². The van der Waals surface area contributed by atoms with Gasteiger partial charge in [0.1, 0.15) is 5.75 Å². The summed E-state index contributed by atoms with van der Waals surface area (Å²) in [6.45, 7) is 9.82. The van der Waals surface area contributed by atoms with Crippen molar-refractivity contribution in [2.24, 2.45) is 11.3 Å². The summed E-state index contributed by atoms with van der Waals surface area (Å²) in [4.78, 5) is 11.8. The predicted molar refractivity (Wildman–Crippen MR) is 77.6 cm³/mol. The van der Waals surface area contributed by atoms with Crippen LogP contribution >= 0.6 is 0 Å². The monoisotopic (exact) mass is 289 g/mol. The van der Waals surface area contributed by atoms with E-state index in [0.717, 1.165) is 19.3 Å². The molecule has 1 aliphatic rings. The van der Waals surface area contributed by atoms with E-state index in [-0.39, 0.29) is 11.9 Å². The minimum Gasteiger partial charge on any atom is -0.352 e. The largest absolute Gasteiger partial charge is 0.352 e. The van der Waals surface area contributed by atoms with Gasteiger partial charge in [0.25, 0.3) is 0 Å². The topological polar surface area (TPSA) is 63.2 Å². The number of amides is 1. The zero-order valence-electron chi connectivity index (χ0n) is 12.7. The lowest BCUT2D eigenvalue weighted by Gasteiger charge is -2.39. The molecule has 1 saturated carbocycles. The predicted octanol–water partition coefficient (Wildman–Crippen LogP) is 2.14. The molecule has 0 saturated heterocycles. The van der Waals surface area contributed by atoms with Crippen LogP contribution in [0.25, 0.3) is 0 Å². The molecule has 0 spiro atoms. The van der Waals surface area contributed by atoms with E-state index in [4.69, 9.17) is 0 Å². The van der Waals surface area contributed by atoms with Crippen molar-refractivity contribution in [2.45, 2.75) is 65.2 Å². The summed E-state index contributed by atoms with van der Waals surface area (Å²) in [6, 6.07) is 0.114. The lowest BCUT2D eigenvalue weighted by atomic mass is 9.70. The highest BCUT2D eigenvalue weighted by Gasteiger charge is 2.33. The first kappa shape index (κ1) is 16.5. The Balaban J connectivity index is 2.55. The molecule has 1 fully saturated rings. The maximum atomic E-state index is 11.8. The molecule has 0 radical (unpaired) electrons. The minimum atomic E-state index is -3.30. The van der Waals surface area contributed by atoms with E-state index in [1.54, 1.807) is 13.8 Å². The molecule has 1 rings (SSSR count). The van der Waals surface area contributed by atoms with Crippen LogP contribution < -0.4 is 5.32 Å². The summed E-state index contributed by atoms with van der Waals surface area (Å²) in [5.74, 6) is -0.350. The van der Waals surface area contributed by atoms with E-state index >= 15 is 0 Å². The average Bonchev–Trinajstić information content (AvgIpc) is 2.20. The number of nitrogens with one attached hydrogen (secondary N) is 1. The van der Waals surface area contributed by atoms with Crippen molar-refractivity contribution >= 4 is 15.7 Å². The van der Waals surface area contributed by atoms with Crippen LogP contribution in [-0.2, 0) is 14.6 Å². The van der Waals surface area contributed by atoms with Gasteiger partial charge in [-0.3, -0.25) is 4.79 Å². The van der Waals surface area contributed by atoms with Crippen LogP contribution in [0.3, 0.4) is 0 Å². The van der Waals surface area contributed by atoms with Gasteiger partial charge in [-0.2, -0.15) is 0 Å². The van der Waals surface area contributed by atoms with E-state index in [1.165, 1.54) is 0 Å². The SMILES string of the molecule is CC(C)S(=O)(=O)CC(=O)N[C@H]1CCC(C)(C)C[C@@H]1C. The highest BCUT2D eigenvalue weighted by molar-refractivity contribution is 7.92. The summed E-state index contributed by atoms with van der Waals surface area (Å²) in [7, 11) is -3.30. The first-order valence-corrected chi connectivity index (χ1v) is 8.76. The van der Waals surface area contributed by atoms with Crippen molar-refractivity contribution in [1.29, 1.82) is 0 Å². The normalized spacial score (nSPS) is 27.3. The van der Waals surface area contributed by atoms with Crippen molar-refractivity contribution in [3.05, 3.63) is 0 Å². The van der Waals surface area contributed by atoms with Crippen LogP contribution in [0, 0.1) is 11.3 Å². The second kappa shape index (κ2) is 5.81. The van der Waals surface area contributed by atoms with Crippen molar-refractivity contribution in [3.63, 3.8) is 0 Å². The average molecular weight is 289 g/mol. The molecule has 0 aliphatic heterocycles. The zero-order chi connectivity index (χ0) is 14.8. The second-order valence-corrected chi connectivity index (χ2v) is 9.47. The lowest BCUT2D eigenvalue weighted by Crippen LogP contribution is -2.46. The van der Waals surface area contributed by atoms with Crippen LogP contribution in [0.1, 0.15) is 53.9 Å². The fourth-order valence-corrected chi connectivity index (χ4v) is 3.54. The Hall–Kier alpha value is -0.580. The van der Waals surface area contributed by atoms with Gasteiger partial charge in [0.2, 0.25) is 5.91 Å². The third-order valence-corrected chi connectivity index (χ3v) is 6.19. The van der Waals surface area contributed by atoms with Gasteiger partial charge >= 0.3 is 0 Å². The number of hydrogen-bond acceptors (Lipinski definition) is 3. The smallest absolute Gasteiger partial charge is 0.235 e. The third-order valence-electron chi connectivity index (χ3n) is 4.09. The zero-order valence-corrected chi connectivity index (χ0v) is 13.5. The summed E-state index contributed by atoms with van der Waals surface area (Å²) < 4.78 is 23.4. The van der Waals surface area contributed by atoms with Crippen LogP contribution in [-0.4, -0.2) is 31.4 Å². The Morgan fingerprint density at radius 3 is 2.42 bits per heavy atom. The fourth-order valence-electron chi connectivity index (χ4n) is 2.76. The molecular formula is C14H27NO3S. The number of hydrogen-bond donors (Lipinski definition) is 1. The summed E-state index contributed by atoms with van der Waals surface area (Å²) in [6.07, 6.45) is 3.07. The van der Waals surface area contributed by atoms with Crippen LogP contribution in [0.15, 0.2) is 0 Å². The molecular weight excluding hydrogens is 262 g/mol. The van der Waals surface area contributed by atoms with E-state index in [9.17, 15) is 13.2 Å². The summed E-state index contributed by atoms with van der Waals surface area (Å²) in [5.41, 5.74) is 0.324. The van der Waals surface area contributed by atoms with Gasteiger partial charge in [0, 0.05) is 6.04 Å². The molecule has 0 bridgehead atoms. The standard InChI is InChI=1S/C14H27NO3S/c1-10(2)19(17,18)9-13(16)15-12-6-7-14(4,5)8-11(12)3/h10-12H,6-9H2,1-5H3,(H,15,16)/t11-,12-/m0/s1. The van der Waals surface area contributed by atoms with Crippen molar-refractivity contribution in [3.8, 4) is 0 Å². The first-order valence-electron chi connectivity index (χ1n) is 7.04. The molecule has 5 heteroatoms. The van der Waals surface area contributed by atoms with Crippen molar-refractivity contribution < 1.29 is 13.2 Å². The van der Waals surface area contributed by atoms with Gasteiger partial charge in [0.05, 0.1) is 5.25 Å². The molecule has 0 aromatic carbocycles. The maximum absolute atomic E-state index is 11.8. The molecule has 4 nitrogen and oxygen atoms in total. The van der Waals surface area contributed by atoms with Crippen LogP contribution in [0.2, 0.25) is 0 Å². The molecule has 1 amide bonds. The lowest BCUT2D eigenvalue weighted by molar-refractivity contribution is -0.120. The Kier molecular flexibility index (Phi) is 5.04. The third kappa shape index (κ3) is 4.79. The van der Waals surface area contributed by atoms with E-state index in [2.05, 4.69) is 26.1 Å². The molecule has 19 heavy (non-hydrogen) atoms. The van der Waals surface area contributed by atoms with Crippen LogP contribution in [0.5, 0.6) is 0 Å². The molecule has 0 heterocycles. The quantitative estimate of drug-likeness (QED) is 0.862. The number of sulfone groups is 1. The molecule has 0 aromatic rings. The van der Waals surface area contributed by atoms with E-state index in [1.807, 2.05) is 0 Å². The fraction of sp³-hybridized carbons (Fsp3) is 0.929. The number of carbonyl (C=O) groups excluding carboxylic acids is 1. The molecule has 0 aromatic heterocycles. The molecule has 1 aliphatic carbocycles. The number of rotatable bonds is 4. The maximum Gasteiger partial charge on any atom is 0.235 e. The second-order valence-electron chi connectivity index (χ2n) is 6.91. The Bertz CT molecular complexity index is 426. The molecule has 1 N–H and O–H groups in total. The molecule has 112 valence electrons. The van der Waals surface area contributed by atoms with Crippen LogP contribution in [0.4, 0.5) is 0 Å². The number of carbonyl (C=O) groups is 1. The first-order chi connectivity index (χ1) is 8.53. The van der Waals surface area contributed by atoms with Crippen molar-refractivity contribution in [2.75, 3.05) is 5.75 Å². The Morgan fingerprint density at radius 2 is 1.95 bits per heavy atom. The van der Waals surface area contributed by atoms with E-state index < -0.39 is 20.8 Å². The Labute approximate surface area is 117 Å². The molecule has 0 unspecified atom stereocenters.